The van der Waals surface area contributed by atoms with E-state index in [4.69, 9.17) is 11.6 Å². The van der Waals surface area contributed by atoms with Gasteiger partial charge in [-0.2, -0.15) is 0 Å². The van der Waals surface area contributed by atoms with Gasteiger partial charge < -0.3 is 0 Å². The maximum Gasteiger partial charge on any atom is 0.0853 e. The van der Waals surface area contributed by atoms with Crippen LogP contribution >= 0.6 is 34.2 Å². The Morgan fingerprint density at radius 3 is 2.80 bits per heavy atom. The van der Waals surface area contributed by atoms with E-state index in [1.54, 1.807) is 0 Å². The van der Waals surface area contributed by atoms with Gasteiger partial charge in [-0.05, 0) is 47.6 Å². The molecule has 0 atom stereocenters. The van der Waals surface area contributed by atoms with Crippen LogP contribution in [-0.4, -0.2) is 4.98 Å². The Labute approximate surface area is 108 Å². The molecule has 0 bridgehead atoms. The van der Waals surface area contributed by atoms with E-state index in [0.29, 0.717) is 0 Å². The third kappa shape index (κ3) is 1.85. The summed E-state index contributed by atoms with van der Waals surface area (Å²) < 4.78 is 1.15. The average molecular weight is 332 g/mol. The number of para-hydroxylation sites is 1. The molecule has 1 heterocycles. The lowest BCUT2D eigenvalue weighted by molar-refractivity contribution is 1.03. The van der Waals surface area contributed by atoms with Gasteiger partial charge in [-0.1, -0.05) is 30.7 Å². The Bertz CT molecular complexity index is 523. The molecule has 0 aliphatic carbocycles. The van der Waals surface area contributed by atoms with E-state index in [-0.39, 0.29) is 0 Å². The Kier molecular flexibility index (Phi) is 3.16. The zero-order chi connectivity index (χ0) is 11.0. The monoisotopic (exact) mass is 331 g/mol. The number of hydrogen-bond acceptors (Lipinski definition) is 1. The van der Waals surface area contributed by atoms with E-state index in [9.17, 15) is 0 Å². The highest BCUT2D eigenvalue weighted by atomic mass is 127. The molecule has 2 aromatic rings. The van der Waals surface area contributed by atoms with Crippen molar-refractivity contribution in [3.05, 3.63) is 38.0 Å². The fourth-order valence-corrected chi connectivity index (χ4v) is 2.58. The third-order valence-electron chi connectivity index (χ3n) is 2.57. The quantitative estimate of drug-likeness (QED) is 0.707. The fraction of sp³-hybridized carbons (Fsp3) is 0.250. The van der Waals surface area contributed by atoms with E-state index < -0.39 is 0 Å². The van der Waals surface area contributed by atoms with Crippen LogP contribution in [0.4, 0.5) is 0 Å². The predicted octanol–water partition coefficient (Wildman–Crippen LogP) is 4.36. The largest absolute Gasteiger partial charge is 0.251 e. The van der Waals surface area contributed by atoms with Gasteiger partial charge in [0.05, 0.1) is 10.5 Å². The molecule has 0 fully saturated rings. The van der Waals surface area contributed by atoms with Gasteiger partial charge >= 0.3 is 0 Å². The summed E-state index contributed by atoms with van der Waals surface area (Å²) >= 11 is 8.64. The minimum atomic E-state index is 0.843. The molecule has 1 aromatic carbocycles. The topological polar surface area (TPSA) is 12.9 Å². The Morgan fingerprint density at radius 1 is 1.40 bits per heavy atom. The van der Waals surface area contributed by atoms with Crippen molar-refractivity contribution in [2.24, 2.45) is 0 Å². The zero-order valence-electron chi connectivity index (χ0n) is 8.64. The molecule has 0 saturated heterocycles. The van der Waals surface area contributed by atoms with Gasteiger partial charge in [-0.15, -0.1) is 0 Å². The lowest BCUT2D eigenvalue weighted by Crippen LogP contribution is -1.96. The molecule has 0 unspecified atom stereocenters. The summed E-state index contributed by atoms with van der Waals surface area (Å²) in [7, 11) is 0. The Balaban J connectivity index is 2.91. The minimum absolute atomic E-state index is 0.843. The molecule has 1 aromatic heterocycles. The number of nitrogens with zero attached hydrogens (tertiary/aromatic N) is 1. The van der Waals surface area contributed by atoms with Crippen molar-refractivity contribution in [3.63, 3.8) is 0 Å². The van der Waals surface area contributed by atoms with Gasteiger partial charge in [-0.3, -0.25) is 4.98 Å². The summed E-state index contributed by atoms with van der Waals surface area (Å²) in [6.07, 6.45) is 0.923. The highest BCUT2D eigenvalue weighted by Crippen LogP contribution is 2.30. The Hall–Kier alpha value is -0.350. The van der Waals surface area contributed by atoms with Crippen LogP contribution in [0.1, 0.15) is 18.2 Å². The van der Waals surface area contributed by atoms with Gasteiger partial charge in [0.2, 0.25) is 0 Å². The molecule has 15 heavy (non-hydrogen) atoms. The smallest absolute Gasteiger partial charge is 0.0853 e. The van der Waals surface area contributed by atoms with E-state index >= 15 is 0 Å². The van der Waals surface area contributed by atoms with Crippen LogP contribution in [0.25, 0.3) is 10.9 Å². The lowest BCUT2D eigenvalue weighted by atomic mass is 10.1. The highest BCUT2D eigenvalue weighted by molar-refractivity contribution is 14.1. The maximum absolute atomic E-state index is 6.34. The second kappa shape index (κ2) is 4.26. The second-order valence-corrected chi connectivity index (χ2v) is 5.03. The molecule has 0 aliphatic rings. The standard InChI is InChI=1S/C12H11ClIN/c1-3-10-7(2)11(13)8-5-4-6-9(14)12(8)15-10/h4-6H,3H2,1-2H3. The number of hydrogen-bond donors (Lipinski definition) is 0. The van der Waals surface area contributed by atoms with Crippen LogP contribution in [0.3, 0.4) is 0 Å². The van der Waals surface area contributed by atoms with Crippen LogP contribution in [-0.2, 0) is 6.42 Å². The first-order valence-electron chi connectivity index (χ1n) is 4.88. The van der Waals surface area contributed by atoms with E-state index in [2.05, 4.69) is 40.6 Å². The first kappa shape index (κ1) is 11.1. The molecular formula is C12H11ClIN. The van der Waals surface area contributed by atoms with Crippen molar-refractivity contribution < 1.29 is 0 Å². The van der Waals surface area contributed by atoms with E-state index in [1.807, 2.05) is 19.1 Å². The van der Waals surface area contributed by atoms with Gasteiger partial charge in [0.25, 0.3) is 0 Å². The van der Waals surface area contributed by atoms with E-state index in [1.165, 1.54) is 0 Å². The van der Waals surface area contributed by atoms with Crippen LogP contribution in [0.15, 0.2) is 18.2 Å². The summed E-state index contributed by atoms with van der Waals surface area (Å²) in [6, 6.07) is 6.10. The van der Waals surface area contributed by atoms with Crippen molar-refractivity contribution >= 4 is 45.1 Å². The number of aromatic nitrogens is 1. The summed E-state index contributed by atoms with van der Waals surface area (Å²) in [4.78, 5) is 4.66. The summed E-state index contributed by atoms with van der Waals surface area (Å²) in [5.41, 5.74) is 3.22. The normalized spacial score (nSPS) is 10.9. The number of rotatable bonds is 1. The van der Waals surface area contributed by atoms with Crippen molar-refractivity contribution in [2.45, 2.75) is 20.3 Å². The molecular weight excluding hydrogens is 320 g/mol. The first-order valence-corrected chi connectivity index (χ1v) is 6.34. The van der Waals surface area contributed by atoms with Crippen molar-refractivity contribution in [1.29, 1.82) is 0 Å². The highest BCUT2D eigenvalue weighted by Gasteiger charge is 2.10. The first-order chi connectivity index (χ1) is 7.15. The SMILES string of the molecule is CCc1nc2c(I)cccc2c(Cl)c1C. The van der Waals surface area contributed by atoms with Gasteiger partial charge in [0.15, 0.2) is 0 Å². The molecule has 3 heteroatoms. The van der Waals surface area contributed by atoms with Gasteiger partial charge in [-0.25, -0.2) is 0 Å². The fourth-order valence-electron chi connectivity index (χ4n) is 1.70. The number of pyridine rings is 1. The maximum atomic E-state index is 6.34. The molecule has 0 spiro atoms. The van der Waals surface area contributed by atoms with Crippen LogP contribution in [0.2, 0.25) is 5.02 Å². The molecule has 0 aliphatic heterocycles. The zero-order valence-corrected chi connectivity index (χ0v) is 11.6. The Morgan fingerprint density at radius 2 is 2.13 bits per heavy atom. The van der Waals surface area contributed by atoms with Gasteiger partial charge in [0, 0.05) is 14.7 Å². The molecule has 0 amide bonds. The van der Waals surface area contributed by atoms with E-state index in [0.717, 1.165) is 37.2 Å². The van der Waals surface area contributed by atoms with Crippen LogP contribution in [0, 0.1) is 10.5 Å². The molecule has 1 nitrogen and oxygen atoms in total. The van der Waals surface area contributed by atoms with Crippen molar-refractivity contribution in [3.8, 4) is 0 Å². The lowest BCUT2D eigenvalue weighted by Gasteiger charge is -2.09. The number of benzene rings is 1. The van der Waals surface area contributed by atoms with Crippen LogP contribution in [0.5, 0.6) is 0 Å². The minimum Gasteiger partial charge on any atom is -0.251 e. The number of halogens is 2. The average Bonchev–Trinajstić information content (AvgIpc) is 2.24. The van der Waals surface area contributed by atoms with Crippen LogP contribution < -0.4 is 0 Å². The second-order valence-electron chi connectivity index (χ2n) is 3.49. The molecule has 0 N–H and O–H groups in total. The molecule has 78 valence electrons. The summed E-state index contributed by atoms with van der Waals surface area (Å²) in [5, 5.41) is 1.90. The third-order valence-corrected chi connectivity index (χ3v) is 3.92. The van der Waals surface area contributed by atoms with Gasteiger partial charge in [0.1, 0.15) is 0 Å². The molecule has 2 rings (SSSR count). The number of fused-ring (bicyclic) bond motifs is 1. The predicted molar refractivity (Wildman–Crippen MR) is 73.6 cm³/mol. The number of aryl methyl sites for hydroxylation is 1. The van der Waals surface area contributed by atoms with Crippen molar-refractivity contribution in [1.82, 2.24) is 4.98 Å². The molecule has 0 saturated carbocycles. The van der Waals surface area contributed by atoms with Crippen molar-refractivity contribution in [2.75, 3.05) is 0 Å². The molecule has 0 radical (unpaired) electrons. The summed E-state index contributed by atoms with van der Waals surface area (Å²) in [5.74, 6) is 0. The summed E-state index contributed by atoms with van der Waals surface area (Å²) in [6.45, 7) is 4.14.